The molecule has 2 aromatic heterocycles. The van der Waals surface area contributed by atoms with Crippen molar-refractivity contribution in [1.82, 2.24) is 19.8 Å². The molecular formula is C26H22N6O3S. The minimum Gasteiger partial charge on any atom is -0.352 e. The summed E-state index contributed by atoms with van der Waals surface area (Å²) in [4.78, 5) is 30.1. The number of pyridine rings is 1. The van der Waals surface area contributed by atoms with Crippen LogP contribution >= 0.6 is 12.2 Å². The van der Waals surface area contributed by atoms with Gasteiger partial charge in [-0.25, -0.2) is 0 Å². The summed E-state index contributed by atoms with van der Waals surface area (Å²) in [5, 5.41) is 17.8. The van der Waals surface area contributed by atoms with Crippen molar-refractivity contribution >= 4 is 34.6 Å². The summed E-state index contributed by atoms with van der Waals surface area (Å²) in [5.41, 5.74) is 3.12. The Balaban J connectivity index is 1.51. The van der Waals surface area contributed by atoms with Crippen LogP contribution in [0.4, 0.5) is 11.4 Å². The number of thiocarbonyl (C=S) groups is 1. The van der Waals surface area contributed by atoms with Gasteiger partial charge < -0.3 is 20.1 Å². The number of non-ortho nitro benzene ring substituents is 1. The Labute approximate surface area is 212 Å². The molecule has 10 heteroatoms. The molecule has 1 aliphatic heterocycles. The quantitative estimate of drug-likeness (QED) is 0.221. The maximum Gasteiger partial charge on any atom is 0.269 e. The monoisotopic (exact) mass is 498 g/mol. The minimum absolute atomic E-state index is 0.0155. The number of para-hydroxylation sites is 1. The second-order valence-electron chi connectivity index (χ2n) is 8.25. The first kappa shape index (κ1) is 23.2. The molecule has 0 saturated carbocycles. The van der Waals surface area contributed by atoms with Crippen molar-refractivity contribution in [2.45, 2.75) is 12.1 Å². The average molecular weight is 499 g/mol. The molecule has 1 saturated heterocycles. The lowest BCUT2D eigenvalue weighted by Crippen LogP contribution is -2.37. The number of nitro groups is 1. The first-order chi connectivity index (χ1) is 17.5. The van der Waals surface area contributed by atoms with E-state index in [1.165, 1.54) is 12.1 Å². The SMILES string of the molecule is O=C(CN1C(=S)N[C@@H](c2ccccn2)[C@@H]1c1cccn1-c1ccc([N+](=O)[O-])cc1)Nc1ccccc1. The number of hydrogen-bond acceptors (Lipinski definition) is 5. The van der Waals surface area contributed by atoms with Crippen LogP contribution in [0.3, 0.4) is 0 Å². The van der Waals surface area contributed by atoms with Crippen LogP contribution in [-0.4, -0.2) is 36.9 Å². The zero-order valence-electron chi connectivity index (χ0n) is 19.0. The maximum atomic E-state index is 13.0. The van der Waals surface area contributed by atoms with Gasteiger partial charge in [0.1, 0.15) is 6.54 Å². The fourth-order valence-electron chi connectivity index (χ4n) is 4.38. The van der Waals surface area contributed by atoms with E-state index in [-0.39, 0.29) is 30.2 Å². The number of carbonyl (C=O) groups excluding carboxylic acids is 1. The van der Waals surface area contributed by atoms with Crippen LogP contribution in [0, 0.1) is 10.1 Å². The van der Waals surface area contributed by atoms with E-state index in [0.29, 0.717) is 10.8 Å². The molecule has 0 aliphatic carbocycles. The third-order valence-electron chi connectivity index (χ3n) is 5.99. The number of hydrogen-bond donors (Lipinski definition) is 2. The van der Waals surface area contributed by atoms with Crippen LogP contribution in [0.5, 0.6) is 0 Å². The van der Waals surface area contributed by atoms with Gasteiger partial charge in [0, 0.05) is 41.6 Å². The summed E-state index contributed by atoms with van der Waals surface area (Å²) < 4.78 is 1.95. The minimum atomic E-state index is -0.427. The summed E-state index contributed by atoms with van der Waals surface area (Å²) in [6.07, 6.45) is 3.60. The molecule has 0 unspecified atom stereocenters. The van der Waals surface area contributed by atoms with Gasteiger partial charge in [-0.2, -0.15) is 0 Å². The molecule has 1 amide bonds. The molecular weight excluding hydrogens is 476 g/mol. The van der Waals surface area contributed by atoms with Crippen molar-refractivity contribution in [3.63, 3.8) is 0 Å². The number of aromatic nitrogens is 2. The van der Waals surface area contributed by atoms with E-state index in [0.717, 1.165) is 17.1 Å². The molecule has 1 aliphatic rings. The smallest absolute Gasteiger partial charge is 0.269 e. The Hall–Kier alpha value is -4.57. The van der Waals surface area contributed by atoms with Crippen LogP contribution in [0.25, 0.3) is 5.69 Å². The zero-order chi connectivity index (χ0) is 25.1. The summed E-state index contributed by atoms with van der Waals surface area (Å²) in [7, 11) is 0. The highest BCUT2D eigenvalue weighted by molar-refractivity contribution is 7.80. The Bertz CT molecular complexity index is 1390. The Morgan fingerprint density at radius 3 is 2.47 bits per heavy atom. The van der Waals surface area contributed by atoms with Gasteiger partial charge in [0.2, 0.25) is 5.91 Å². The van der Waals surface area contributed by atoms with E-state index in [9.17, 15) is 14.9 Å². The fourth-order valence-corrected chi connectivity index (χ4v) is 4.68. The lowest BCUT2D eigenvalue weighted by atomic mass is 10.0. The van der Waals surface area contributed by atoms with Crippen LogP contribution in [0.2, 0.25) is 0 Å². The largest absolute Gasteiger partial charge is 0.352 e. The standard InChI is InChI=1S/C26H22N6O3S/c33-23(28-18-7-2-1-3-8-18)17-31-25(24(29-26(31)36)21-9-4-5-15-27-21)22-10-6-16-30(22)19-11-13-20(14-12-19)32(34)35/h1-16,24-25H,17H2,(H,28,33)(H,29,36)/t24-,25-/m0/s1. The lowest BCUT2D eigenvalue weighted by molar-refractivity contribution is -0.384. The van der Waals surface area contributed by atoms with Crippen LogP contribution in [0.1, 0.15) is 23.5 Å². The number of nitro benzene ring substituents is 1. The summed E-state index contributed by atoms with van der Waals surface area (Å²) in [5.74, 6) is -0.203. The van der Waals surface area contributed by atoms with Crippen LogP contribution in [0.15, 0.2) is 97.3 Å². The van der Waals surface area contributed by atoms with Gasteiger partial charge in [-0.05, 0) is 60.7 Å². The van der Waals surface area contributed by atoms with Gasteiger partial charge in [-0.15, -0.1) is 0 Å². The van der Waals surface area contributed by atoms with Crippen molar-refractivity contribution in [3.8, 4) is 5.69 Å². The third kappa shape index (κ3) is 4.66. The van der Waals surface area contributed by atoms with Crippen molar-refractivity contribution in [2.24, 2.45) is 0 Å². The number of amides is 1. The van der Waals surface area contributed by atoms with E-state index in [1.807, 2.05) is 76.3 Å². The first-order valence-electron chi connectivity index (χ1n) is 11.3. The van der Waals surface area contributed by atoms with Gasteiger partial charge in [-0.1, -0.05) is 24.3 Å². The van der Waals surface area contributed by atoms with E-state index in [1.54, 1.807) is 18.3 Å². The topological polar surface area (TPSA) is 105 Å². The van der Waals surface area contributed by atoms with Crippen molar-refractivity contribution in [3.05, 3.63) is 119 Å². The summed E-state index contributed by atoms with van der Waals surface area (Å²) >= 11 is 5.68. The molecule has 1 fully saturated rings. The lowest BCUT2D eigenvalue weighted by Gasteiger charge is -2.28. The third-order valence-corrected chi connectivity index (χ3v) is 6.34. The van der Waals surface area contributed by atoms with Gasteiger partial charge in [0.05, 0.1) is 22.7 Å². The highest BCUT2D eigenvalue weighted by Gasteiger charge is 2.42. The summed E-state index contributed by atoms with van der Waals surface area (Å²) in [6, 6.07) is 24.4. The predicted octanol–water partition coefficient (Wildman–Crippen LogP) is 4.39. The van der Waals surface area contributed by atoms with Crippen molar-refractivity contribution in [1.29, 1.82) is 0 Å². The van der Waals surface area contributed by atoms with Gasteiger partial charge in [-0.3, -0.25) is 19.9 Å². The molecule has 0 radical (unpaired) electrons. The molecule has 0 spiro atoms. The Morgan fingerprint density at radius 2 is 1.78 bits per heavy atom. The van der Waals surface area contributed by atoms with E-state index < -0.39 is 4.92 Å². The number of rotatable bonds is 7. The van der Waals surface area contributed by atoms with Gasteiger partial charge >= 0.3 is 0 Å². The first-order valence-corrected chi connectivity index (χ1v) is 11.7. The fraction of sp³-hybridized carbons (Fsp3) is 0.115. The van der Waals surface area contributed by atoms with Crippen molar-refractivity contribution < 1.29 is 9.72 Å². The van der Waals surface area contributed by atoms with E-state index >= 15 is 0 Å². The molecule has 3 heterocycles. The molecule has 180 valence electrons. The van der Waals surface area contributed by atoms with Crippen LogP contribution in [-0.2, 0) is 4.79 Å². The molecule has 2 atom stereocenters. The highest BCUT2D eigenvalue weighted by atomic mass is 32.1. The number of carbonyl (C=O) groups is 1. The Kier molecular flexibility index (Phi) is 6.42. The molecule has 5 rings (SSSR count). The zero-order valence-corrected chi connectivity index (χ0v) is 19.8. The molecule has 2 aromatic carbocycles. The highest BCUT2D eigenvalue weighted by Crippen LogP contribution is 2.39. The number of anilines is 1. The molecule has 36 heavy (non-hydrogen) atoms. The van der Waals surface area contributed by atoms with E-state index in [4.69, 9.17) is 12.2 Å². The second-order valence-corrected chi connectivity index (χ2v) is 8.63. The second kappa shape index (κ2) is 9.96. The Morgan fingerprint density at radius 1 is 1.03 bits per heavy atom. The average Bonchev–Trinajstić information content (AvgIpc) is 3.50. The molecule has 2 N–H and O–H groups in total. The van der Waals surface area contributed by atoms with Gasteiger partial charge in [0.25, 0.3) is 5.69 Å². The summed E-state index contributed by atoms with van der Waals surface area (Å²) in [6.45, 7) is 0.0279. The number of benzene rings is 2. The van der Waals surface area contributed by atoms with E-state index in [2.05, 4.69) is 15.6 Å². The number of nitrogens with one attached hydrogen (secondary N) is 2. The molecule has 0 bridgehead atoms. The van der Waals surface area contributed by atoms with Crippen LogP contribution < -0.4 is 10.6 Å². The normalized spacial score (nSPS) is 17.0. The van der Waals surface area contributed by atoms with Gasteiger partial charge in [0.15, 0.2) is 5.11 Å². The van der Waals surface area contributed by atoms with Crippen molar-refractivity contribution in [2.75, 3.05) is 11.9 Å². The molecule has 9 nitrogen and oxygen atoms in total. The predicted molar refractivity (Wildman–Crippen MR) is 140 cm³/mol. The number of nitrogens with zero attached hydrogens (tertiary/aromatic N) is 4. The molecule has 4 aromatic rings. The maximum absolute atomic E-state index is 13.0.